The third kappa shape index (κ3) is 3.37. The molecule has 0 saturated heterocycles. The zero-order valence-electron chi connectivity index (χ0n) is 12.7. The zero-order chi connectivity index (χ0) is 15.6. The minimum Gasteiger partial charge on any atom is -0.326 e. The molecule has 0 saturated carbocycles. The minimum atomic E-state index is -0.0928. The van der Waals surface area contributed by atoms with E-state index in [1.54, 1.807) is 28.9 Å². The van der Waals surface area contributed by atoms with Crippen LogP contribution in [0, 0.1) is 13.8 Å². The van der Waals surface area contributed by atoms with Gasteiger partial charge in [-0.1, -0.05) is 0 Å². The van der Waals surface area contributed by atoms with E-state index in [1.807, 2.05) is 20.9 Å². The van der Waals surface area contributed by atoms with Gasteiger partial charge in [-0.05, 0) is 45.0 Å². The summed E-state index contributed by atoms with van der Waals surface area (Å²) in [7, 11) is 1.87. The van der Waals surface area contributed by atoms with Crippen molar-refractivity contribution in [2.45, 2.75) is 27.2 Å². The van der Waals surface area contributed by atoms with Gasteiger partial charge >= 0.3 is 0 Å². The van der Waals surface area contributed by atoms with E-state index in [1.165, 1.54) is 6.92 Å². The van der Waals surface area contributed by atoms with E-state index in [-0.39, 0.29) is 11.7 Å². The number of nitrogens with zero attached hydrogens (tertiary/aromatic N) is 2. The van der Waals surface area contributed by atoms with Crippen LogP contribution < -0.4 is 5.32 Å². The first-order valence-electron chi connectivity index (χ1n) is 6.78. The Hall–Kier alpha value is -2.43. The highest BCUT2D eigenvalue weighted by Gasteiger charge is 2.13. The fourth-order valence-electron chi connectivity index (χ4n) is 2.23. The van der Waals surface area contributed by atoms with Gasteiger partial charge in [-0.25, -0.2) is 0 Å². The van der Waals surface area contributed by atoms with Crippen LogP contribution in [0.5, 0.6) is 0 Å². The predicted molar refractivity (Wildman–Crippen MR) is 81.5 cm³/mol. The fourth-order valence-corrected chi connectivity index (χ4v) is 2.23. The van der Waals surface area contributed by atoms with Gasteiger partial charge in [0.05, 0.1) is 12.1 Å². The van der Waals surface area contributed by atoms with Crippen LogP contribution in [0.1, 0.15) is 34.2 Å². The van der Waals surface area contributed by atoms with Crippen molar-refractivity contribution < 1.29 is 9.59 Å². The van der Waals surface area contributed by atoms with Crippen LogP contribution in [0.2, 0.25) is 0 Å². The SMILES string of the molecule is CC(=O)c1ccc(NC(=O)Cc2c(C)nn(C)c2C)cc1. The highest BCUT2D eigenvalue weighted by atomic mass is 16.1. The molecule has 0 aliphatic rings. The summed E-state index contributed by atoms with van der Waals surface area (Å²) in [6, 6.07) is 6.88. The van der Waals surface area contributed by atoms with Gasteiger partial charge in [0.2, 0.25) is 5.91 Å². The van der Waals surface area contributed by atoms with Crippen molar-refractivity contribution in [1.29, 1.82) is 0 Å². The molecule has 1 heterocycles. The van der Waals surface area contributed by atoms with Crippen LogP contribution in [0.15, 0.2) is 24.3 Å². The molecule has 1 amide bonds. The second-order valence-corrected chi connectivity index (χ2v) is 5.13. The Balaban J connectivity index is 2.06. The van der Waals surface area contributed by atoms with E-state index >= 15 is 0 Å². The Kier molecular flexibility index (Phi) is 4.21. The molecule has 1 N–H and O–H groups in total. The van der Waals surface area contributed by atoms with Crippen LogP contribution in [-0.4, -0.2) is 21.5 Å². The molecule has 0 spiro atoms. The molecule has 21 heavy (non-hydrogen) atoms. The average Bonchev–Trinajstić information content (AvgIpc) is 2.66. The maximum absolute atomic E-state index is 12.1. The summed E-state index contributed by atoms with van der Waals surface area (Å²) in [6.45, 7) is 5.36. The molecule has 0 atom stereocenters. The van der Waals surface area contributed by atoms with Crippen LogP contribution >= 0.6 is 0 Å². The molecule has 5 nitrogen and oxygen atoms in total. The van der Waals surface area contributed by atoms with Crippen molar-refractivity contribution in [2.24, 2.45) is 7.05 Å². The Morgan fingerprint density at radius 2 is 1.81 bits per heavy atom. The van der Waals surface area contributed by atoms with Gasteiger partial charge in [0.25, 0.3) is 0 Å². The van der Waals surface area contributed by atoms with Crippen LogP contribution in [0.4, 0.5) is 5.69 Å². The molecule has 0 radical (unpaired) electrons. The molecule has 110 valence electrons. The Morgan fingerprint density at radius 3 is 2.29 bits per heavy atom. The molecule has 0 unspecified atom stereocenters. The van der Waals surface area contributed by atoms with E-state index in [0.717, 1.165) is 17.0 Å². The lowest BCUT2D eigenvalue weighted by atomic mass is 10.1. The van der Waals surface area contributed by atoms with Crippen LogP contribution in [-0.2, 0) is 18.3 Å². The number of hydrogen-bond donors (Lipinski definition) is 1. The first-order chi connectivity index (χ1) is 9.88. The number of aryl methyl sites for hydroxylation is 2. The minimum absolute atomic E-state index is 0.00878. The third-order valence-corrected chi connectivity index (χ3v) is 3.57. The topological polar surface area (TPSA) is 64.0 Å². The maximum atomic E-state index is 12.1. The summed E-state index contributed by atoms with van der Waals surface area (Å²) < 4.78 is 1.78. The smallest absolute Gasteiger partial charge is 0.228 e. The van der Waals surface area contributed by atoms with Crippen LogP contribution in [0.3, 0.4) is 0 Å². The average molecular weight is 285 g/mol. The van der Waals surface area contributed by atoms with Crippen molar-refractivity contribution in [3.63, 3.8) is 0 Å². The molecule has 2 aromatic rings. The lowest BCUT2D eigenvalue weighted by Gasteiger charge is -2.06. The molecule has 0 aliphatic heterocycles. The first-order valence-corrected chi connectivity index (χ1v) is 6.78. The Labute approximate surface area is 124 Å². The monoisotopic (exact) mass is 285 g/mol. The molecule has 0 fully saturated rings. The van der Waals surface area contributed by atoms with Gasteiger partial charge in [-0.2, -0.15) is 5.10 Å². The zero-order valence-corrected chi connectivity index (χ0v) is 12.7. The van der Waals surface area contributed by atoms with E-state index in [9.17, 15) is 9.59 Å². The third-order valence-electron chi connectivity index (χ3n) is 3.57. The second-order valence-electron chi connectivity index (χ2n) is 5.13. The highest BCUT2D eigenvalue weighted by Crippen LogP contribution is 2.15. The molecule has 0 aliphatic carbocycles. The maximum Gasteiger partial charge on any atom is 0.228 e. The molecule has 0 bridgehead atoms. The number of ketones is 1. The molecule has 1 aromatic heterocycles. The van der Waals surface area contributed by atoms with Gasteiger partial charge in [0, 0.05) is 29.6 Å². The number of Topliss-reactive ketones (excluding diaryl/α,β-unsaturated/α-hetero) is 1. The summed E-state index contributed by atoms with van der Waals surface area (Å²) >= 11 is 0. The number of benzene rings is 1. The molecular weight excluding hydrogens is 266 g/mol. The van der Waals surface area contributed by atoms with Gasteiger partial charge in [0.15, 0.2) is 5.78 Å². The molecule has 5 heteroatoms. The number of amides is 1. The van der Waals surface area contributed by atoms with Gasteiger partial charge in [-0.3, -0.25) is 14.3 Å². The van der Waals surface area contributed by atoms with Gasteiger partial charge in [-0.15, -0.1) is 0 Å². The highest BCUT2D eigenvalue weighted by molar-refractivity contribution is 5.96. The first kappa shape index (κ1) is 15.0. The lowest BCUT2D eigenvalue weighted by molar-refractivity contribution is -0.115. The fraction of sp³-hybridized carbons (Fsp3) is 0.312. The summed E-state index contributed by atoms with van der Waals surface area (Å²) in [6.07, 6.45) is 0.292. The van der Waals surface area contributed by atoms with E-state index in [2.05, 4.69) is 10.4 Å². The second kappa shape index (κ2) is 5.91. The van der Waals surface area contributed by atoms with Crippen molar-refractivity contribution in [1.82, 2.24) is 9.78 Å². The quantitative estimate of drug-likeness (QED) is 0.877. The summed E-state index contributed by atoms with van der Waals surface area (Å²) in [5, 5.41) is 7.13. The summed E-state index contributed by atoms with van der Waals surface area (Å²) in [4.78, 5) is 23.3. The summed E-state index contributed by atoms with van der Waals surface area (Å²) in [5.41, 5.74) is 4.14. The summed E-state index contributed by atoms with van der Waals surface area (Å²) in [5.74, 6) is -0.0840. The normalized spacial score (nSPS) is 10.5. The van der Waals surface area contributed by atoms with Crippen molar-refractivity contribution in [3.8, 4) is 0 Å². The van der Waals surface area contributed by atoms with Gasteiger partial charge in [0.1, 0.15) is 0 Å². The van der Waals surface area contributed by atoms with Crippen molar-refractivity contribution in [2.75, 3.05) is 5.32 Å². The number of nitrogens with one attached hydrogen (secondary N) is 1. The van der Waals surface area contributed by atoms with Crippen molar-refractivity contribution in [3.05, 3.63) is 46.8 Å². The Morgan fingerprint density at radius 1 is 1.19 bits per heavy atom. The predicted octanol–water partition coefficient (Wildman–Crippen LogP) is 2.42. The van der Waals surface area contributed by atoms with E-state index < -0.39 is 0 Å². The Bertz CT molecular complexity index is 684. The van der Waals surface area contributed by atoms with Gasteiger partial charge < -0.3 is 5.32 Å². The number of hydrogen-bond acceptors (Lipinski definition) is 3. The molecule has 2 rings (SSSR count). The largest absolute Gasteiger partial charge is 0.326 e. The number of carbonyl (C=O) groups excluding carboxylic acids is 2. The molecular formula is C16H19N3O2. The van der Waals surface area contributed by atoms with Crippen LogP contribution in [0.25, 0.3) is 0 Å². The number of rotatable bonds is 4. The number of aromatic nitrogens is 2. The number of carbonyl (C=O) groups is 2. The van der Waals surface area contributed by atoms with E-state index in [4.69, 9.17) is 0 Å². The number of anilines is 1. The molecule has 1 aromatic carbocycles. The van der Waals surface area contributed by atoms with E-state index in [0.29, 0.717) is 17.7 Å². The standard InChI is InChI=1S/C16H19N3O2/c1-10-15(11(2)19(4)18-10)9-16(21)17-14-7-5-13(6-8-14)12(3)20/h5-8H,9H2,1-4H3,(H,17,21). The lowest BCUT2D eigenvalue weighted by Crippen LogP contribution is -2.15. The van der Waals surface area contributed by atoms with Crippen molar-refractivity contribution >= 4 is 17.4 Å².